The predicted molar refractivity (Wildman–Crippen MR) is 106 cm³/mol. The summed E-state index contributed by atoms with van der Waals surface area (Å²) in [5.41, 5.74) is 4.38. The van der Waals surface area contributed by atoms with E-state index in [1.165, 1.54) is 24.1 Å². The molecular weight excluding hydrogens is 310 g/mol. The molecule has 0 bridgehead atoms. The van der Waals surface area contributed by atoms with Gasteiger partial charge in [0.2, 0.25) is 5.91 Å². The molecule has 132 valence electrons. The highest BCUT2D eigenvalue weighted by atomic mass is 16.2. The van der Waals surface area contributed by atoms with Gasteiger partial charge in [0.1, 0.15) is 0 Å². The van der Waals surface area contributed by atoms with Gasteiger partial charge >= 0.3 is 0 Å². The molecule has 0 saturated carbocycles. The predicted octanol–water partition coefficient (Wildman–Crippen LogP) is 4.06. The van der Waals surface area contributed by atoms with Crippen LogP contribution in [0.4, 0.5) is 17.1 Å². The maximum Gasteiger partial charge on any atom is 0.243 e. The molecule has 4 heteroatoms. The summed E-state index contributed by atoms with van der Waals surface area (Å²) in [5.74, 6) is 0.0114. The Kier molecular flexibility index (Phi) is 5.59. The fourth-order valence-electron chi connectivity index (χ4n) is 3.32. The van der Waals surface area contributed by atoms with Crippen LogP contribution >= 0.6 is 0 Å². The van der Waals surface area contributed by atoms with Crippen LogP contribution in [0.1, 0.15) is 25.3 Å². The van der Waals surface area contributed by atoms with Gasteiger partial charge in [-0.25, -0.2) is 0 Å². The van der Waals surface area contributed by atoms with Crippen LogP contribution in [0.2, 0.25) is 0 Å². The van der Waals surface area contributed by atoms with E-state index in [9.17, 15) is 4.79 Å². The number of amides is 1. The number of benzene rings is 2. The van der Waals surface area contributed by atoms with E-state index in [2.05, 4.69) is 59.3 Å². The fraction of sp³-hybridized carbons (Fsp3) is 0.381. The van der Waals surface area contributed by atoms with Gasteiger partial charge in [0, 0.05) is 36.7 Å². The highest BCUT2D eigenvalue weighted by molar-refractivity contribution is 5.94. The van der Waals surface area contributed by atoms with Crippen LogP contribution in [-0.4, -0.2) is 32.1 Å². The Morgan fingerprint density at radius 2 is 1.84 bits per heavy atom. The number of nitrogens with one attached hydrogen (secondary N) is 1. The van der Waals surface area contributed by atoms with E-state index in [1.807, 2.05) is 18.2 Å². The van der Waals surface area contributed by atoms with Crippen molar-refractivity contribution in [2.45, 2.75) is 26.7 Å². The second kappa shape index (κ2) is 8.06. The summed E-state index contributed by atoms with van der Waals surface area (Å²) in [4.78, 5) is 16.9. The smallest absolute Gasteiger partial charge is 0.243 e. The van der Waals surface area contributed by atoms with Crippen molar-refractivity contribution in [3.05, 3.63) is 54.1 Å². The second-order valence-corrected chi connectivity index (χ2v) is 6.64. The molecule has 0 aliphatic carbocycles. The Morgan fingerprint density at radius 3 is 2.48 bits per heavy atom. The lowest BCUT2D eigenvalue weighted by Crippen LogP contribution is -2.33. The standard InChI is InChI=1S/C21H27N3O/c1-3-23(20-8-6-7-17(2)15-20)16-21(25)22-18-9-11-19(12-10-18)24-13-4-5-14-24/h6-12,15H,3-5,13-14,16H2,1-2H3,(H,22,25). The van der Waals surface area contributed by atoms with Crippen LogP contribution in [0.25, 0.3) is 0 Å². The average molecular weight is 337 g/mol. The topological polar surface area (TPSA) is 35.6 Å². The molecule has 4 nitrogen and oxygen atoms in total. The van der Waals surface area contributed by atoms with E-state index in [1.54, 1.807) is 0 Å². The van der Waals surface area contributed by atoms with Gasteiger partial charge in [-0.2, -0.15) is 0 Å². The number of carbonyl (C=O) groups excluding carboxylic acids is 1. The number of likely N-dealkylation sites (N-methyl/N-ethyl adjacent to an activating group) is 1. The van der Waals surface area contributed by atoms with Gasteiger partial charge < -0.3 is 15.1 Å². The minimum absolute atomic E-state index is 0.0114. The van der Waals surface area contributed by atoms with Crippen molar-refractivity contribution in [2.24, 2.45) is 0 Å². The highest BCUT2D eigenvalue weighted by Gasteiger charge is 2.13. The maximum atomic E-state index is 12.4. The first-order chi connectivity index (χ1) is 12.2. The molecule has 1 aliphatic rings. The molecule has 1 heterocycles. The fourth-order valence-corrected chi connectivity index (χ4v) is 3.32. The molecule has 0 spiro atoms. The number of hydrogen-bond acceptors (Lipinski definition) is 3. The van der Waals surface area contributed by atoms with Crippen LogP contribution < -0.4 is 15.1 Å². The Labute approximate surface area is 150 Å². The third-order valence-electron chi connectivity index (χ3n) is 4.71. The van der Waals surface area contributed by atoms with Gasteiger partial charge in [0.25, 0.3) is 0 Å². The molecule has 0 unspecified atom stereocenters. The summed E-state index contributed by atoms with van der Waals surface area (Å²) in [6, 6.07) is 16.4. The zero-order chi connectivity index (χ0) is 17.6. The molecule has 1 saturated heterocycles. The molecule has 0 radical (unpaired) electrons. The summed E-state index contributed by atoms with van der Waals surface area (Å²) < 4.78 is 0. The first kappa shape index (κ1) is 17.3. The summed E-state index contributed by atoms with van der Waals surface area (Å²) in [6.45, 7) is 7.56. The number of aryl methyl sites for hydroxylation is 1. The summed E-state index contributed by atoms with van der Waals surface area (Å²) in [6.07, 6.45) is 2.54. The number of anilines is 3. The molecule has 1 aliphatic heterocycles. The summed E-state index contributed by atoms with van der Waals surface area (Å²) in [7, 11) is 0. The van der Waals surface area contributed by atoms with Gasteiger partial charge in [-0.15, -0.1) is 0 Å². The average Bonchev–Trinajstić information content (AvgIpc) is 3.15. The van der Waals surface area contributed by atoms with Gasteiger partial charge in [-0.1, -0.05) is 12.1 Å². The van der Waals surface area contributed by atoms with Crippen molar-refractivity contribution in [2.75, 3.05) is 41.3 Å². The molecule has 3 rings (SSSR count). The van der Waals surface area contributed by atoms with Crippen molar-refractivity contribution in [1.29, 1.82) is 0 Å². The summed E-state index contributed by atoms with van der Waals surface area (Å²) in [5, 5.41) is 3.01. The summed E-state index contributed by atoms with van der Waals surface area (Å²) >= 11 is 0. The van der Waals surface area contributed by atoms with Crippen LogP contribution in [0.3, 0.4) is 0 Å². The lowest BCUT2D eigenvalue weighted by molar-refractivity contribution is -0.115. The quantitative estimate of drug-likeness (QED) is 0.863. The van der Waals surface area contributed by atoms with Crippen molar-refractivity contribution in [3.63, 3.8) is 0 Å². The molecular formula is C21H27N3O. The van der Waals surface area contributed by atoms with E-state index >= 15 is 0 Å². The third-order valence-corrected chi connectivity index (χ3v) is 4.71. The first-order valence-electron chi connectivity index (χ1n) is 9.12. The van der Waals surface area contributed by atoms with Crippen molar-refractivity contribution < 1.29 is 4.79 Å². The SMILES string of the molecule is CCN(CC(=O)Nc1ccc(N2CCCC2)cc1)c1cccc(C)c1. The highest BCUT2D eigenvalue weighted by Crippen LogP contribution is 2.22. The number of rotatable bonds is 6. The van der Waals surface area contributed by atoms with Crippen LogP contribution in [0.15, 0.2) is 48.5 Å². The number of carbonyl (C=O) groups is 1. The molecule has 25 heavy (non-hydrogen) atoms. The second-order valence-electron chi connectivity index (χ2n) is 6.64. The van der Waals surface area contributed by atoms with E-state index in [0.717, 1.165) is 31.0 Å². The zero-order valence-electron chi connectivity index (χ0n) is 15.2. The Balaban J connectivity index is 1.59. The largest absolute Gasteiger partial charge is 0.372 e. The van der Waals surface area contributed by atoms with E-state index < -0.39 is 0 Å². The minimum atomic E-state index is 0.0114. The van der Waals surface area contributed by atoms with Crippen LogP contribution in [-0.2, 0) is 4.79 Å². The minimum Gasteiger partial charge on any atom is -0.372 e. The van der Waals surface area contributed by atoms with Crippen LogP contribution in [0.5, 0.6) is 0 Å². The molecule has 1 N–H and O–H groups in total. The Hall–Kier alpha value is -2.49. The lowest BCUT2D eigenvalue weighted by Gasteiger charge is -2.23. The van der Waals surface area contributed by atoms with Gasteiger partial charge in [-0.05, 0) is 68.7 Å². The van der Waals surface area contributed by atoms with Crippen molar-refractivity contribution >= 4 is 23.0 Å². The number of nitrogens with zero attached hydrogens (tertiary/aromatic N) is 2. The maximum absolute atomic E-state index is 12.4. The van der Waals surface area contributed by atoms with Gasteiger partial charge in [0.15, 0.2) is 0 Å². The Morgan fingerprint density at radius 1 is 1.12 bits per heavy atom. The molecule has 2 aromatic rings. The number of hydrogen-bond donors (Lipinski definition) is 1. The van der Waals surface area contributed by atoms with Gasteiger partial charge in [0.05, 0.1) is 6.54 Å². The molecule has 0 aromatic heterocycles. The van der Waals surface area contributed by atoms with Crippen molar-refractivity contribution in [3.8, 4) is 0 Å². The van der Waals surface area contributed by atoms with E-state index in [0.29, 0.717) is 6.54 Å². The Bertz CT molecular complexity index is 705. The van der Waals surface area contributed by atoms with E-state index in [4.69, 9.17) is 0 Å². The lowest BCUT2D eigenvalue weighted by atomic mass is 10.2. The monoisotopic (exact) mass is 337 g/mol. The van der Waals surface area contributed by atoms with Crippen molar-refractivity contribution in [1.82, 2.24) is 0 Å². The first-order valence-corrected chi connectivity index (χ1v) is 9.12. The van der Waals surface area contributed by atoms with Crippen LogP contribution in [0, 0.1) is 6.92 Å². The zero-order valence-corrected chi connectivity index (χ0v) is 15.2. The molecule has 2 aromatic carbocycles. The molecule has 0 atom stereocenters. The van der Waals surface area contributed by atoms with E-state index in [-0.39, 0.29) is 5.91 Å². The third kappa shape index (κ3) is 4.53. The molecule has 1 amide bonds. The molecule has 1 fully saturated rings. The normalized spacial score (nSPS) is 13.8. The van der Waals surface area contributed by atoms with Gasteiger partial charge in [-0.3, -0.25) is 4.79 Å².